The third-order valence-electron chi connectivity index (χ3n) is 2.36. The van der Waals surface area contributed by atoms with Crippen molar-refractivity contribution in [2.75, 3.05) is 0 Å². The summed E-state index contributed by atoms with van der Waals surface area (Å²) in [5.74, 6) is -0.436. The van der Waals surface area contributed by atoms with E-state index < -0.39 is 34.6 Å². The first kappa shape index (κ1) is 14.1. The molecule has 0 N–H and O–H groups in total. The van der Waals surface area contributed by atoms with E-state index in [4.69, 9.17) is 0 Å². The highest BCUT2D eigenvalue weighted by Gasteiger charge is 2.35. The minimum atomic E-state index is -4.72. The molecule has 0 spiro atoms. The van der Waals surface area contributed by atoms with Gasteiger partial charge in [0.25, 0.3) is 5.69 Å². The summed E-state index contributed by atoms with van der Waals surface area (Å²) in [5.41, 5.74) is -1.87. The van der Waals surface area contributed by atoms with E-state index in [9.17, 15) is 28.1 Å². The highest BCUT2D eigenvalue weighted by molar-refractivity contribution is 5.79. The van der Waals surface area contributed by atoms with Gasteiger partial charge in [0, 0.05) is 18.1 Å². The Morgan fingerprint density at radius 3 is 2.33 bits per heavy atom. The number of carbonyl (C=O) groups excluding carboxylic acids is 1. The van der Waals surface area contributed by atoms with E-state index in [1.807, 2.05) is 0 Å². The zero-order valence-corrected chi connectivity index (χ0v) is 9.67. The second kappa shape index (κ2) is 4.75. The van der Waals surface area contributed by atoms with Crippen molar-refractivity contribution in [3.8, 4) is 0 Å². The van der Waals surface area contributed by atoms with Crippen molar-refractivity contribution in [1.82, 2.24) is 0 Å². The summed E-state index contributed by atoms with van der Waals surface area (Å²) in [6.07, 6.45) is -5.11. The molecule has 18 heavy (non-hydrogen) atoms. The van der Waals surface area contributed by atoms with Gasteiger partial charge in [-0.25, -0.2) is 0 Å². The molecule has 0 atom stereocenters. The van der Waals surface area contributed by atoms with Gasteiger partial charge in [-0.15, -0.1) is 0 Å². The third-order valence-corrected chi connectivity index (χ3v) is 2.36. The van der Waals surface area contributed by atoms with Crippen LogP contribution in [0.4, 0.5) is 18.9 Å². The van der Waals surface area contributed by atoms with Gasteiger partial charge in [-0.3, -0.25) is 14.9 Å². The Morgan fingerprint density at radius 2 is 1.94 bits per heavy atom. The summed E-state index contributed by atoms with van der Waals surface area (Å²) >= 11 is 0. The lowest BCUT2D eigenvalue weighted by molar-refractivity contribution is -0.385. The molecule has 0 fully saturated rings. The van der Waals surface area contributed by atoms with Crippen LogP contribution in [0.25, 0.3) is 0 Å². The molecule has 0 radical (unpaired) electrons. The molecule has 0 aliphatic heterocycles. The van der Waals surface area contributed by atoms with Gasteiger partial charge in [-0.05, 0) is 25.5 Å². The standard InChI is InChI=1S/C11H10F3NO3/c1-6-3-8(4-7(2)16)9(11(12,13)14)5-10(6)15(17)18/h3,5H,4H2,1-2H3. The predicted molar refractivity (Wildman–Crippen MR) is 57.2 cm³/mol. The third kappa shape index (κ3) is 3.06. The number of Topliss-reactive ketones (excluding diaryl/α,β-unsaturated/α-hetero) is 1. The molecule has 1 aromatic carbocycles. The first-order valence-electron chi connectivity index (χ1n) is 4.97. The predicted octanol–water partition coefficient (Wildman–Crippen LogP) is 3.05. The van der Waals surface area contributed by atoms with E-state index in [-0.39, 0.29) is 11.1 Å². The van der Waals surface area contributed by atoms with E-state index in [0.717, 1.165) is 13.0 Å². The Labute approximate surface area is 101 Å². The van der Waals surface area contributed by atoms with Crippen LogP contribution in [0.15, 0.2) is 12.1 Å². The Bertz CT molecular complexity index is 509. The van der Waals surface area contributed by atoms with E-state index in [1.54, 1.807) is 0 Å². The van der Waals surface area contributed by atoms with Crippen LogP contribution < -0.4 is 0 Å². The molecule has 0 aliphatic rings. The van der Waals surface area contributed by atoms with E-state index in [2.05, 4.69) is 0 Å². The number of aryl methyl sites for hydroxylation is 1. The van der Waals surface area contributed by atoms with Gasteiger partial charge in [0.2, 0.25) is 0 Å². The largest absolute Gasteiger partial charge is 0.416 e. The number of alkyl halides is 3. The van der Waals surface area contributed by atoms with E-state index >= 15 is 0 Å². The smallest absolute Gasteiger partial charge is 0.300 e. The Hall–Kier alpha value is -1.92. The lowest BCUT2D eigenvalue weighted by Crippen LogP contribution is -2.12. The highest BCUT2D eigenvalue weighted by atomic mass is 19.4. The summed E-state index contributed by atoms with van der Waals surface area (Å²) in [7, 11) is 0. The summed E-state index contributed by atoms with van der Waals surface area (Å²) in [5, 5.41) is 10.6. The van der Waals surface area contributed by atoms with Gasteiger partial charge in [0.15, 0.2) is 0 Å². The normalized spacial score (nSPS) is 11.4. The lowest BCUT2D eigenvalue weighted by atomic mass is 9.98. The van der Waals surface area contributed by atoms with Crippen molar-refractivity contribution in [2.45, 2.75) is 26.4 Å². The van der Waals surface area contributed by atoms with E-state index in [1.165, 1.54) is 6.92 Å². The van der Waals surface area contributed by atoms with Crippen LogP contribution >= 0.6 is 0 Å². The molecule has 1 aromatic rings. The number of nitrogens with zero attached hydrogens (tertiary/aromatic N) is 1. The zero-order chi connectivity index (χ0) is 14.1. The maximum absolute atomic E-state index is 12.7. The molecule has 7 heteroatoms. The average Bonchev–Trinajstić information content (AvgIpc) is 2.13. The van der Waals surface area contributed by atoms with Gasteiger partial charge in [-0.1, -0.05) is 0 Å². The van der Waals surface area contributed by atoms with Crippen LogP contribution in [0, 0.1) is 17.0 Å². The number of rotatable bonds is 3. The second-order valence-corrected chi connectivity index (χ2v) is 3.93. The van der Waals surface area contributed by atoms with Crippen LogP contribution in [0.5, 0.6) is 0 Å². The van der Waals surface area contributed by atoms with Gasteiger partial charge in [0.05, 0.1) is 10.5 Å². The van der Waals surface area contributed by atoms with Crippen molar-refractivity contribution in [3.05, 3.63) is 38.9 Å². The van der Waals surface area contributed by atoms with Gasteiger partial charge in [-0.2, -0.15) is 13.2 Å². The van der Waals surface area contributed by atoms with Crippen LogP contribution in [0.1, 0.15) is 23.6 Å². The number of hydrogen-bond acceptors (Lipinski definition) is 3. The van der Waals surface area contributed by atoms with Crippen LogP contribution in [0.2, 0.25) is 0 Å². The lowest BCUT2D eigenvalue weighted by Gasteiger charge is -2.13. The van der Waals surface area contributed by atoms with Crippen molar-refractivity contribution in [3.63, 3.8) is 0 Å². The van der Waals surface area contributed by atoms with Crippen molar-refractivity contribution in [1.29, 1.82) is 0 Å². The molecule has 0 bridgehead atoms. The van der Waals surface area contributed by atoms with E-state index in [0.29, 0.717) is 6.07 Å². The van der Waals surface area contributed by atoms with Gasteiger partial charge < -0.3 is 0 Å². The van der Waals surface area contributed by atoms with Crippen LogP contribution in [-0.2, 0) is 17.4 Å². The van der Waals surface area contributed by atoms with Gasteiger partial charge in [0.1, 0.15) is 5.78 Å². The Balaban J connectivity index is 3.47. The molecule has 1 rings (SSSR count). The monoisotopic (exact) mass is 261 g/mol. The number of halogens is 3. The fraction of sp³-hybridized carbons (Fsp3) is 0.364. The number of benzene rings is 1. The first-order chi connectivity index (χ1) is 8.12. The van der Waals surface area contributed by atoms with Crippen LogP contribution in [0.3, 0.4) is 0 Å². The molecule has 0 saturated carbocycles. The fourth-order valence-corrected chi connectivity index (χ4v) is 1.63. The minimum absolute atomic E-state index is 0.101. The zero-order valence-electron chi connectivity index (χ0n) is 9.67. The Morgan fingerprint density at radius 1 is 1.39 bits per heavy atom. The number of nitro groups is 1. The summed E-state index contributed by atoms with van der Waals surface area (Å²) in [4.78, 5) is 20.7. The minimum Gasteiger partial charge on any atom is -0.300 e. The SMILES string of the molecule is CC(=O)Cc1cc(C)c([N+](=O)[O-])cc1C(F)(F)F. The van der Waals surface area contributed by atoms with Crippen molar-refractivity contribution in [2.24, 2.45) is 0 Å². The maximum Gasteiger partial charge on any atom is 0.416 e. The van der Waals surface area contributed by atoms with Crippen molar-refractivity contribution >= 4 is 11.5 Å². The fourth-order valence-electron chi connectivity index (χ4n) is 1.63. The first-order valence-corrected chi connectivity index (χ1v) is 4.97. The van der Waals surface area contributed by atoms with Crippen LogP contribution in [-0.4, -0.2) is 10.7 Å². The molecular formula is C11H10F3NO3. The molecule has 0 amide bonds. The molecule has 0 heterocycles. The van der Waals surface area contributed by atoms with Crippen molar-refractivity contribution < 1.29 is 22.9 Å². The molecule has 0 aromatic heterocycles. The number of ketones is 1. The quantitative estimate of drug-likeness (QED) is 0.620. The number of hydrogen-bond donors (Lipinski definition) is 0. The maximum atomic E-state index is 12.7. The second-order valence-electron chi connectivity index (χ2n) is 3.93. The topological polar surface area (TPSA) is 60.2 Å². The molecule has 0 aliphatic carbocycles. The molecule has 0 saturated heterocycles. The number of nitro benzene ring substituents is 1. The molecule has 4 nitrogen and oxygen atoms in total. The highest BCUT2D eigenvalue weighted by Crippen LogP contribution is 2.36. The molecule has 98 valence electrons. The molecular weight excluding hydrogens is 251 g/mol. The summed E-state index contributed by atoms with van der Waals surface area (Å²) in [6, 6.07) is 1.52. The average molecular weight is 261 g/mol. The summed E-state index contributed by atoms with van der Waals surface area (Å²) < 4.78 is 38.2. The Kier molecular flexibility index (Phi) is 3.73. The number of carbonyl (C=O) groups is 1. The molecule has 0 unspecified atom stereocenters. The van der Waals surface area contributed by atoms with Gasteiger partial charge >= 0.3 is 6.18 Å². The summed E-state index contributed by atoms with van der Waals surface area (Å²) in [6.45, 7) is 2.50.